The third-order valence-electron chi connectivity index (χ3n) is 4.59. The molecule has 0 spiro atoms. The summed E-state index contributed by atoms with van der Waals surface area (Å²) in [6, 6.07) is 4.60. The highest BCUT2D eigenvalue weighted by Gasteiger charge is 2.28. The van der Waals surface area contributed by atoms with Crippen molar-refractivity contribution in [2.45, 2.75) is 57.9 Å². The second-order valence-electron chi connectivity index (χ2n) is 5.85. The van der Waals surface area contributed by atoms with E-state index in [9.17, 15) is 0 Å². The first-order valence-electron chi connectivity index (χ1n) is 7.65. The van der Waals surface area contributed by atoms with E-state index in [0.717, 1.165) is 28.6 Å². The topological polar surface area (TPSA) is 30.7 Å². The van der Waals surface area contributed by atoms with Gasteiger partial charge in [-0.25, -0.2) is 9.97 Å². The van der Waals surface area contributed by atoms with Crippen molar-refractivity contribution in [1.29, 1.82) is 0 Å². The minimum Gasteiger partial charge on any atom is -0.308 e. The first kappa shape index (κ1) is 13.9. The van der Waals surface area contributed by atoms with Crippen molar-refractivity contribution in [2.24, 2.45) is 5.92 Å². The first-order valence-corrected chi connectivity index (χ1v) is 8.18. The monoisotopic (exact) mass is 291 g/mol. The molecule has 0 N–H and O–H groups in total. The molecule has 20 heavy (non-hydrogen) atoms. The molecular formula is C16H22ClN3. The number of aryl methyl sites for hydroxylation is 1. The molecule has 0 aliphatic heterocycles. The van der Waals surface area contributed by atoms with Gasteiger partial charge in [0.25, 0.3) is 0 Å². The lowest BCUT2D eigenvalue weighted by atomic mass is 9.82. The zero-order valence-corrected chi connectivity index (χ0v) is 13.0. The molecule has 2 aromatic heterocycles. The van der Waals surface area contributed by atoms with E-state index in [1.54, 1.807) is 0 Å². The van der Waals surface area contributed by atoms with Crippen LogP contribution in [0.25, 0.3) is 11.2 Å². The zero-order chi connectivity index (χ0) is 14.1. The molecule has 3 rings (SSSR count). The van der Waals surface area contributed by atoms with E-state index in [-0.39, 0.29) is 0 Å². The van der Waals surface area contributed by atoms with Gasteiger partial charge >= 0.3 is 0 Å². The number of hydrogen-bond donors (Lipinski definition) is 0. The van der Waals surface area contributed by atoms with E-state index < -0.39 is 0 Å². The Kier molecular flexibility index (Phi) is 3.97. The first-order chi connectivity index (χ1) is 9.74. The van der Waals surface area contributed by atoms with Crippen LogP contribution in [0.15, 0.2) is 12.1 Å². The minimum atomic E-state index is 0.461. The molecule has 108 valence electrons. The number of aromatic nitrogens is 3. The van der Waals surface area contributed by atoms with Gasteiger partial charge in [-0.3, -0.25) is 0 Å². The van der Waals surface area contributed by atoms with Crippen LogP contribution in [0.5, 0.6) is 0 Å². The summed E-state index contributed by atoms with van der Waals surface area (Å²) in [5.74, 6) is 2.16. The van der Waals surface area contributed by atoms with Crippen LogP contribution in [-0.2, 0) is 5.88 Å². The van der Waals surface area contributed by atoms with Crippen LogP contribution >= 0.6 is 11.6 Å². The Balaban J connectivity index is 2.14. The number of hydrogen-bond acceptors (Lipinski definition) is 2. The molecule has 1 aliphatic carbocycles. The van der Waals surface area contributed by atoms with Crippen molar-refractivity contribution in [3.63, 3.8) is 0 Å². The number of rotatable bonds is 3. The highest BCUT2D eigenvalue weighted by Crippen LogP contribution is 2.38. The van der Waals surface area contributed by atoms with Crippen LogP contribution in [0.1, 0.15) is 56.6 Å². The molecule has 1 saturated carbocycles. The smallest absolute Gasteiger partial charge is 0.160 e. The standard InChI is InChI=1S/C16H22ClN3/c1-3-12-6-4-5-7-14(12)20-15(10-17)19-13-9-8-11(2)18-16(13)20/h8-9,12,14H,3-7,10H2,1-2H3. The third-order valence-corrected chi connectivity index (χ3v) is 4.83. The van der Waals surface area contributed by atoms with Crippen LogP contribution in [0.3, 0.4) is 0 Å². The van der Waals surface area contributed by atoms with Gasteiger partial charge in [-0.15, -0.1) is 11.6 Å². The van der Waals surface area contributed by atoms with Gasteiger partial charge < -0.3 is 4.57 Å². The fourth-order valence-electron chi connectivity index (χ4n) is 3.56. The van der Waals surface area contributed by atoms with E-state index in [2.05, 4.69) is 22.5 Å². The molecule has 0 bridgehead atoms. The van der Waals surface area contributed by atoms with Gasteiger partial charge in [0.1, 0.15) is 11.3 Å². The van der Waals surface area contributed by atoms with Crippen molar-refractivity contribution < 1.29 is 0 Å². The Hall–Kier alpha value is -1.09. The van der Waals surface area contributed by atoms with Gasteiger partial charge in [-0.05, 0) is 37.8 Å². The molecule has 2 aromatic rings. The Morgan fingerprint density at radius 3 is 2.80 bits per heavy atom. The SMILES string of the molecule is CCC1CCCCC1n1c(CCl)nc2ccc(C)nc21. The number of fused-ring (bicyclic) bond motifs is 1. The highest BCUT2D eigenvalue weighted by molar-refractivity contribution is 6.16. The van der Waals surface area contributed by atoms with E-state index >= 15 is 0 Å². The number of imidazole rings is 1. The van der Waals surface area contributed by atoms with Gasteiger partial charge in [0.2, 0.25) is 0 Å². The molecular weight excluding hydrogens is 270 g/mol. The zero-order valence-electron chi connectivity index (χ0n) is 12.3. The van der Waals surface area contributed by atoms with E-state index in [0.29, 0.717) is 11.9 Å². The molecule has 4 heteroatoms. The lowest BCUT2D eigenvalue weighted by molar-refractivity contribution is 0.233. The van der Waals surface area contributed by atoms with Gasteiger partial charge in [0.15, 0.2) is 5.65 Å². The van der Waals surface area contributed by atoms with E-state index in [1.807, 2.05) is 13.0 Å². The summed E-state index contributed by atoms with van der Waals surface area (Å²) in [5, 5.41) is 0. The number of halogens is 1. The average Bonchev–Trinajstić information content (AvgIpc) is 2.84. The second-order valence-corrected chi connectivity index (χ2v) is 6.11. The maximum Gasteiger partial charge on any atom is 0.160 e. The number of nitrogens with zero attached hydrogens (tertiary/aromatic N) is 3. The molecule has 3 nitrogen and oxygen atoms in total. The largest absolute Gasteiger partial charge is 0.308 e. The van der Waals surface area contributed by atoms with E-state index in [1.165, 1.54) is 32.1 Å². The minimum absolute atomic E-state index is 0.461. The Morgan fingerprint density at radius 2 is 2.05 bits per heavy atom. The van der Waals surface area contributed by atoms with Crippen molar-refractivity contribution in [3.8, 4) is 0 Å². The molecule has 2 heterocycles. The quantitative estimate of drug-likeness (QED) is 0.773. The lowest BCUT2D eigenvalue weighted by Gasteiger charge is -2.33. The normalized spacial score (nSPS) is 23.4. The molecule has 0 aromatic carbocycles. The third kappa shape index (κ3) is 2.32. The van der Waals surface area contributed by atoms with Gasteiger partial charge in [-0.2, -0.15) is 0 Å². The summed E-state index contributed by atoms with van der Waals surface area (Å²) >= 11 is 6.14. The molecule has 2 atom stereocenters. The van der Waals surface area contributed by atoms with Gasteiger partial charge in [0, 0.05) is 11.7 Å². The van der Waals surface area contributed by atoms with Crippen LogP contribution in [0.2, 0.25) is 0 Å². The molecule has 0 saturated heterocycles. The average molecular weight is 292 g/mol. The maximum atomic E-state index is 6.14. The Morgan fingerprint density at radius 1 is 1.25 bits per heavy atom. The Labute approximate surface area is 125 Å². The van der Waals surface area contributed by atoms with Crippen LogP contribution in [0, 0.1) is 12.8 Å². The molecule has 2 unspecified atom stereocenters. The molecule has 0 radical (unpaired) electrons. The second kappa shape index (κ2) is 5.72. The van der Waals surface area contributed by atoms with Crippen LogP contribution in [0.4, 0.5) is 0 Å². The number of alkyl halides is 1. The predicted octanol–water partition coefficient (Wildman–Crippen LogP) is 4.62. The van der Waals surface area contributed by atoms with Crippen LogP contribution in [-0.4, -0.2) is 14.5 Å². The van der Waals surface area contributed by atoms with Gasteiger partial charge in [-0.1, -0.05) is 26.2 Å². The Bertz CT molecular complexity index is 605. The molecule has 0 amide bonds. The maximum absolute atomic E-state index is 6.14. The summed E-state index contributed by atoms with van der Waals surface area (Å²) in [6.45, 7) is 4.33. The summed E-state index contributed by atoms with van der Waals surface area (Å²) in [7, 11) is 0. The van der Waals surface area contributed by atoms with Gasteiger partial charge in [0.05, 0.1) is 5.88 Å². The molecule has 1 fully saturated rings. The molecule has 1 aliphatic rings. The summed E-state index contributed by atoms with van der Waals surface area (Å²) in [6.07, 6.45) is 6.41. The van der Waals surface area contributed by atoms with Crippen molar-refractivity contribution >= 4 is 22.8 Å². The van der Waals surface area contributed by atoms with Crippen molar-refractivity contribution in [3.05, 3.63) is 23.7 Å². The van der Waals surface area contributed by atoms with Crippen LogP contribution < -0.4 is 0 Å². The highest BCUT2D eigenvalue weighted by atomic mass is 35.5. The van der Waals surface area contributed by atoms with E-state index in [4.69, 9.17) is 16.6 Å². The number of pyridine rings is 1. The summed E-state index contributed by atoms with van der Waals surface area (Å²) in [4.78, 5) is 9.41. The summed E-state index contributed by atoms with van der Waals surface area (Å²) in [5.41, 5.74) is 3.04. The predicted molar refractivity (Wildman–Crippen MR) is 83.1 cm³/mol. The lowest BCUT2D eigenvalue weighted by Crippen LogP contribution is -2.24. The fraction of sp³-hybridized carbons (Fsp3) is 0.625. The summed E-state index contributed by atoms with van der Waals surface area (Å²) < 4.78 is 2.34. The fourth-order valence-corrected chi connectivity index (χ4v) is 3.75. The van der Waals surface area contributed by atoms with Crippen molar-refractivity contribution in [1.82, 2.24) is 14.5 Å². The van der Waals surface area contributed by atoms with Crippen molar-refractivity contribution in [2.75, 3.05) is 0 Å².